The van der Waals surface area contributed by atoms with Crippen molar-refractivity contribution in [1.82, 2.24) is 4.90 Å². The van der Waals surface area contributed by atoms with E-state index in [9.17, 15) is 0 Å². The van der Waals surface area contributed by atoms with E-state index >= 15 is 0 Å². The molecule has 3 atom stereocenters. The maximum Gasteiger partial charge on any atom is 0.168 e. The van der Waals surface area contributed by atoms with Crippen molar-refractivity contribution in [2.45, 2.75) is 62.9 Å². The Kier molecular flexibility index (Phi) is 4.13. The molecule has 4 heteroatoms. The van der Waals surface area contributed by atoms with Crippen LogP contribution in [0.1, 0.15) is 44.9 Å². The summed E-state index contributed by atoms with van der Waals surface area (Å²) in [6.07, 6.45) is 8.82. The number of nitrogens with two attached hydrogens (primary N) is 1. The van der Waals surface area contributed by atoms with E-state index in [4.69, 9.17) is 15.2 Å². The van der Waals surface area contributed by atoms with Gasteiger partial charge in [-0.1, -0.05) is 6.42 Å². The Hall–Kier alpha value is -0.160. The van der Waals surface area contributed by atoms with Gasteiger partial charge in [-0.25, -0.2) is 0 Å². The normalized spacial score (nSPS) is 37.7. The summed E-state index contributed by atoms with van der Waals surface area (Å²) in [6.45, 7) is 2.58. The van der Waals surface area contributed by atoms with Gasteiger partial charge in [-0.05, 0) is 45.2 Å². The summed E-state index contributed by atoms with van der Waals surface area (Å²) < 4.78 is 12.2. The summed E-state index contributed by atoms with van der Waals surface area (Å²) in [7, 11) is 2.22. The monoisotopic (exact) mass is 268 g/mol. The summed E-state index contributed by atoms with van der Waals surface area (Å²) in [5.41, 5.74) is 5.88. The Morgan fingerprint density at radius 1 is 1.21 bits per heavy atom. The molecule has 2 saturated carbocycles. The van der Waals surface area contributed by atoms with Crippen LogP contribution >= 0.6 is 0 Å². The number of likely N-dealkylation sites (N-methyl/N-ethyl adjacent to an activating group) is 1. The second-order valence-corrected chi connectivity index (χ2v) is 6.60. The van der Waals surface area contributed by atoms with Crippen LogP contribution in [0.5, 0.6) is 0 Å². The van der Waals surface area contributed by atoms with Crippen molar-refractivity contribution >= 4 is 0 Å². The molecule has 0 amide bonds. The number of rotatable bonds is 4. The first-order valence-electron chi connectivity index (χ1n) is 7.94. The molecule has 0 aromatic heterocycles. The third-order valence-corrected chi connectivity index (χ3v) is 5.26. The molecular weight excluding hydrogens is 240 g/mol. The maximum absolute atomic E-state index is 6.21. The highest BCUT2D eigenvalue weighted by Gasteiger charge is 2.44. The first-order valence-corrected chi connectivity index (χ1v) is 7.94. The summed E-state index contributed by atoms with van der Waals surface area (Å²) in [4.78, 5) is 2.46. The van der Waals surface area contributed by atoms with E-state index < -0.39 is 0 Å². The minimum absolute atomic E-state index is 0.214. The van der Waals surface area contributed by atoms with Crippen LogP contribution in [0.25, 0.3) is 0 Å². The Morgan fingerprint density at radius 2 is 2.00 bits per heavy atom. The van der Waals surface area contributed by atoms with Gasteiger partial charge in [-0.2, -0.15) is 0 Å². The topological polar surface area (TPSA) is 47.7 Å². The predicted octanol–water partition coefficient (Wildman–Crippen LogP) is 1.73. The fourth-order valence-electron chi connectivity index (χ4n) is 4.21. The second-order valence-electron chi connectivity index (χ2n) is 6.60. The van der Waals surface area contributed by atoms with Crippen LogP contribution in [-0.2, 0) is 9.47 Å². The van der Waals surface area contributed by atoms with Crippen LogP contribution in [0, 0.1) is 5.92 Å². The number of ether oxygens (including phenoxy) is 2. The smallest absolute Gasteiger partial charge is 0.168 e. The van der Waals surface area contributed by atoms with E-state index in [-0.39, 0.29) is 11.9 Å². The summed E-state index contributed by atoms with van der Waals surface area (Å²) in [5, 5.41) is 0. The second kappa shape index (κ2) is 5.68. The van der Waals surface area contributed by atoms with Gasteiger partial charge in [0.25, 0.3) is 0 Å². The first-order chi connectivity index (χ1) is 9.22. The van der Waals surface area contributed by atoms with Crippen LogP contribution in [-0.4, -0.2) is 49.6 Å². The average Bonchev–Trinajstić information content (AvgIpc) is 3.12. The molecule has 0 aromatic rings. The van der Waals surface area contributed by atoms with Gasteiger partial charge in [-0.3, -0.25) is 0 Å². The fraction of sp³-hybridized carbons (Fsp3) is 1.00. The highest BCUT2D eigenvalue weighted by atomic mass is 16.7. The quantitative estimate of drug-likeness (QED) is 0.843. The highest BCUT2D eigenvalue weighted by Crippen LogP contribution is 2.39. The molecule has 2 N–H and O–H groups in total. The van der Waals surface area contributed by atoms with Crippen molar-refractivity contribution in [3.8, 4) is 0 Å². The van der Waals surface area contributed by atoms with Crippen molar-refractivity contribution in [2.75, 3.05) is 26.7 Å². The Bertz CT molecular complexity index is 305. The van der Waals surface area contributed by atoms with E-state index in [2.05, 4.69) is 11.9 Å². The molecule has 1 saturated heterocycles. The predicted molar refractivity (Wildman–Crippen MR) is 74.8 cm³/mol. The van der Waals surface area contributed by atoms with Gasteiger partial charge < -0.3 is 20.1 Å². The molecule has 110 valence electrons. The molecular formula is C15H28N2O2. The van der Waals surface area contributed by atoms with Crippen molar-refractivity contribution in [3.05, 3.63) is 0 Å². The van der Waals surface area contributed by atoms with Gasteiger partial charge in [-0.15, -0.1) is 0 Å². The molecule has 1 heterocycles. The summed E-state index contributed by atoms with van der Waals surface area (Å²) >= 11 is 0. The Labute approximate surface area is 116 Å². The fourth-order valence-corrected chi connectivity index (χ4v) is 4.21. The largest absolute Gasteiger partial charge is 0.347 e. The van der Waals surface area contributed by atoms with E-state index in [0.29, 0.717) is 12.0 Å². The van der Waals surface area contributed by atoms with Crippen LogP contribution < -0.4 is 5.73 Å². The Balaban J connectivity index is 1.51. The molecule has 0 bridgehead atoms. The zero-order valence-electron chi connectivity index (χ0n) is 12.1. The Morgan fingerprint density at radius 3 is 2.74 bits per heavy atom. The third kappa shape index (κ3) is 2.82. The molecule has 1 aliphatic heterocycles. The molecule has 4 nitrogen and oxygen atoms in total. The van der Waals surface area contributed by atoms with Crippen molar-refractivity contribution in [2.24, 2.45) is 11.7 Å². The number of nitrogens with zero attached hydrogens (tertiary/aromatic N) is 1. The standard InChI is InChI=1S/C15H28N2O2/c1-17(14-6-4-5-12(14)9-16)10-13-11-18-15(19-13)7-2-3-8-15/h12-14H,2-11,16H2,1H3. The van der Waals surface area contributed by atoms with Crippen molar-refractivity contribution in [3.63, 3.8) is 0 Å². The van der Waals surface area contributed by atoms with Gasteiger partial charge in [0.05, 0.1) is 12.7 Å². The van der Waals surface area contributed by atoms with Crippen LogP contribution in [0.3, 0.4) is 0 Å². The SMILES string of the molecule is CN(CC1COC2(CCCC2)O1)C1CCCC1CN. The molecule has 0 radical (unpaired) electrons. The summed E-state index contributed by atoms with van der Waals surface area (Å²) in [5.74, 6) is 0.460. The van der Waals surface area contributed by atoms with Gasteiger partial charge in [0.1, 0.15) is 0 Å². The van der Waals surface area contributed by atoms with Gasteiger partial charge in [0, 0.05) is 25.4 Å². The zero-order chi connectivity index (χ0) is 13.3. The molecule has 19 heavy (non-hydrogen) atoms. The van der Waals surface area contributed by atoms with E-state index in [0.717, 1.165) is 32.5 Å². The number of hydrogen-bond acceptors (Lipinski definition) is 4. The van der Waals surface area contributed by atoms with E-state index in [1.54, 1.807) is 0 Å². The lowest BCUT2D eigenvalue weighted by Crippen LogP contribution is -2.42. The number of hydrogen-bond donors (Lipinski definition) is 1. The molecule has 3 aliphatic rings. The average molecular weight is 268 g/mol. The van der Waals surface area contributed by atoms with Gasteiger partial charge in [0.15, 0.2) is 5.79 Å². The molecule has 3 unspecified atom stereocenters. The van der Waals surface area contributed by atoms with E-state index in [1.165, 1.54) is 32.1 Å². The summed E-state index contributed by atoms with van der Waals surface area (Å²) in [6, 6.07) is 0.647. The van der Waals surface area contributed by atoms with Gasteiger partial charge >= 0.3 is 0 Å². The third-order valence-electron chi connectivity index (χ3n) is 5.26. The molecule has 0 aromatic carbocycles. The lowest BCUT2D eigenvalue weighted by Gasteiger charge is -2.31. The van der Waals surface area contributed by atoms with E-state index in [1.807, 2.05) is 0 Å². The minimum Gasteiger partial charge on any atom is -0.347 e. The lowest BCUT2D eigenvalue weighted by atomic mass is 10.0. The van der Waals surface area contributed by atoms with Crippen molar-refractivity contribution in [1.29, 1.82) is 0 Å². The van der Waals surface area contributed by atoms with Crippen LogP contribution in [0.2, 0.25) is 0 Å². The maximum atomic E-state index is 6.21. The minimum atomic E-state index is -0.214. The van der Waals surface area contributed by atoms with Crippen molar-refractivity contribution < 1.29 is 9.47 Å². The first kappa shape index (κ1) is 13.8. The molecule has 3 fully saturated rings. The molecule has 3 rings (SSSR count). The molecule has 2 aliphatic carbocycles. The van der Waals surface area contributed by atoms with Crippen LogP contribution in [0.4, 0.5) is 0 Å². The van der Waals surface area contributed by atoms with Crippen LogP contribution in [0.15, 0.2) is 0 Å². The zero-order valence-corrected chi connectivity index (χ0v) is 12.1. The lowest BCUT2D eigenvalue weighted by molar-refractivity contribution is -0.163. The van der Waals surface area contributed by atoms with Gasteiger partial charge in [0.2, 0.25) is 0 Å². The highest BCUT2D eigenvalue weighted by molar-refractivity contribution is 4.88. The molecule has 1 spiro atoms.